The van der Waals surface area contributed by atoms with Crippen molar-refractivity contribution in [3.05, 3.63) is 35.9 Å². The molecule has 0 aromatic heterocycles. The van der Waals surface area contributed by atoms with Crippen LogP contribution >= 0.6 is 11.8 Å². The third-order valence-electron chi connectivity index (χ3n) is 2.74. The Kier molecular flexibility index (Phi) is 5.69. The lowest BCUT2D eigenvalue weighted by atomic mass is 9.98. The Morgan fingerprint density at radius 3 is 2.61 bits per heavy atom. The number of hydrogen-bond donors (Lipinski definition) is 1. The fraction of sp³-hybridized carbons (Fsp3) is 0.500. The van der Waals surface area contributed by atoms with Crippen LogP contribution in [0.2, 0.25) is 0 Å². The van der Waals surface area contributed by atoms with Gasteiger partial charge < -0.3 is 10.5 Å². The van der Waals surface area contributed by atoms with Crippen molar-refractivity contribution < 1.29 is 9.53 Å². The van der Waals surface area contributed by atoms with E-state index in [1.54, 1.807) is 18.7 Å². The number of carbonyl (C=O) groups is 1. The molecule has 0 saturated carbocycles. The van der Waals surface area contributed by atoms with E-state index in [0.717, 1.165) is 5.75 Å². The maximum Gasteiger partial charge on any atom is 0.325 e. The summed E-state index contributed by atoms with van der Waals surface area (Å²) in [5.41, 5.74) is 6.33. The van der Waals surface area contributed by atoms with Crippen LogP contribution in [0.3, 0.4) is 0 Å². The van der Waals surface area contributed by atoms with E-state index in [9.17, 15) is 4.79 Å². The molecule has 1 rings (SSSR count). The molecule has 1 aromatic carbocycles. The van der Waals surface area contributed by atoms with E-state index in [1.807, 2.05) is 18.2 Å². The molecule has 18 heavy (non-hydrogen) atoms. The highest BCUT2D eigenvalue weighted by atomic mass is 32.2. The number of nitrogens with two attached hydrogens (primary N) is 1. The second-order valence-corrected chi connectivity index (χ2v) is 6.15. The van der Waals surface area contributed by atoms with E-state index in [4.69, 9.17) is 10.5 Å². The van der Waals surface area contributed by atoms with Crippen LogP contribution < -0.4 is 5.73 Å². The number of thioether (sulfide) groups is 1. The molecular weight excluding hydrogens is 246 g/mol. The summed E-state index contributed by atoms with van der Waals surface area (Å²) >= 11 is 1.80. The molecule has 0 bridgehead atoms. The van der Waals surface area contributed by atoms with Crippen LogP contribution in [-0.4, -0.2) is 23.9 Å². The lowest BCUT2D eigenvalue weighted by Crippen LogP contribution is -2.47. The fourth-order valence-corrected chi connectivity index (χ4v) is 2.92. The predicted octanol–water partition coefficient (Wildman–Crippen LogP) is 2.59. The lowest BCUT2D eigenvalue weighted by molar-refractivity contribution is -0.146. The number of rotatable bonds is 6. The van der Waals surface area contributed by atoms with E-state index < -0.39 is 5.54 Å². The molecule has 0 aliphatic carbocycles. The quantitative estimate of drug-likeness (QED) is 0.805. The largest absolute Gasteiger partial charge is 0.468 e. The Morgan fingerprint density at radius 1 is 1.44 bits per heavy atom. The summed E-state index contributed by atoms with van der Waals surface area (Å²) in [5, 5.41) is 0.305. The highest BCUT2D eigenvalue weighted by Crippen LogP contribution is 2.24. The lowest BCUT2D eigenvalue weighted by Gasteiger charge is -2.24. The Labute approximate surface area is 113 Å². The van der Waals surface area contributed by atoms with E-state index in [-0.39, 0.29) is 5.97 Å². The van der Waals surface area contributed by atoms with Gasteiger partial charge in [-0.05, 0) is 18.9 Å². The van der Waals surface area contributed by atoms with E-state index in [0.29, 0.717) is 11.7 Å². The van der Waals surface area contributed by atoms with Crippen molar-refractivity contribution in [1.82, 2.24) is 0 Å². The normalized spacial score (nSPS) is 15.8. The fourth-order valence-electron chi connectivity index (χ4n) is 1.79. The highest BCUT2D eigenvalue weighted by molar-refractivity contribution is 7.99. The minimum Gasteiger partial charge on any atom is -0.468 e. The van der Waals surface area contributed by atoms with Crippen LogP contribution in [0.25, 0.3) is 0 Å². The number of benzene rings is 1. The minimum atomic E-state index is -0.905. The van der Waals surface area contributed by atoms with E-state index >= 15 is 0 Å². The minimum absolute atomic E-state index is 0.305. The topological polar surface area (TPSA) is 52.3 Å². The predicted molar refractivity (Wildman–Crippen MR) is 76.4 cm³/mol. The van der Waals surface area contributed by atoms with Gasteiger partial charge in [-0.2, -0.15) is 11.8 Å². The molecule has 1 aromatic rings. The maximum absolute atomic E-state index is 11.5. The monoisotopic (exact) mass is 267 g/mol. The number of carbonyl (C=O) groups excluding carboxylic acids is 1. The second kappa shape index (κ2) is 6.81. The van der Waals surface area contributed by atoms with Crippen molar-refractivity contribution >= 4 is 17.7 Å². The first kappa shape index (κ1) is 15.1. The summed E-state index contributed by atoms with van der Waals surface area (Å²) < 4.78 is 4.71. The van der Waals surface area contributed by atoms with E-state index in [2.05, 4.69) is 19.1 Å². The molecule has 0 spiro atoms. The average Bonchev–Trinajstić information content (AvgIpc) is 2.36. The Morgan fingerprint density at radius 2 is 2.06 bits per heavy atom. The van der Waals surface area contributed by atoms with Crippen LogP contribution in [0.5, 0.6) is 0 Å². The van der Waals surface area contributed by atoms with Crippen LogP contribution in [0, 0.1) is 0 Å². The number of methoxy groups -OCH3 is 1. The summed E-state index contributed by atoms with van der Waals surface area (Å²) in [4.78, 5) is 11.5. The maximum atomic E-state index is 11.5. The van der Waals surface area contributed by atoms with Gasteiger partial charge in [0.05, 0.1) is 7.11 Å². The number of ether oxygens (including phenoxy) is 1. The van der Waals surface area contributed by atoms with Crippen molar-refractivity contribution in [1.29, 1.82) is 0 Å². The van der Waals surface area contributed by atoms with Crippen molar-refractivity contribution in [3.8, 4) is 0 Å². The first-order valence-electron chi connectivity index (χ1n) is 5.98. The van der Waals surface area contributed by atoms with Crippen molar-refractivity contribution in [2.45, 2.75) is 36.8 Å². The summed E-state index contributed by atoms with van der Waals surface area (Å²) in [7, 11) is 1.37. The van der Waals surface area contributed by atoms with Crippen LogP contribution in [0.4, 0.5) is 0 Å². The summed E-state index contributed by atoms with van der Waals surface area (Å²) in [5.74, 6) is 0.578. The second-order valence-electron chi connectivity index (χ2n) is 4.72. The summed E-state index contributed by atoms with van der Waals surface area (Å²) in [6.07, 6.45) is 0.608. The van der Waals surface area contributed by atoms with Crippen molar-refractivity contribution in [2.75, 3.05) is 7.11 Å². The molecule has 0 heterocycles. The van der Waals surface area contributed by atoms with Gasteiger partial charge in [-0.25, -0.2) is 0 Å². The zero-order valence-electron chi connectivity index (χ0n) is 11.2. The van der Waals surface area contributed by atoms with Crippen molar-refractivity contribution in [2.24, 2.45) is 5.73 Å². The molecule has 0 aliphatic heterocycles. The van der Waals surface area contributed by atoms with Crippen molar-refractivity contribution in [3.63, 3.8) is 0 Å². The van der Waals surface area contributed by atoms with Gasteiger partial charge in [-0.1, -0.05) is 37.3 Å². The SMILES string of the molecule is COC(=O)C(C)(N)CC(C)SCc1ccccc1. The van der Waals surface area contributed by atoms with Gasteiger partial charge >= 0.3 is 5.97 Å². The Bertz CT molecular complexity index is 379. The molecule has 4 heteroatoms. The van der Waals surface area contributed by atoms with Crippen LogP contribution in [0.15, 0.2) is 30.3 Å². The molecule has 2 atom stereocenters. The molecule has 0 amide bonds. The first-order valence-corrected chi connectivity index (χ1v) is 7.03. The van der Waals surface area contributed by atoms with Gasteiger partial charge in [-0.3, -0.25) is 4.79 Å². The molecule has 2 N–H and O–H groups in total. The average molecular weight is 267 g/mol. The van der Waals surface area contributed by atoms with Gasteiger partial charge in [0.1, 0.15) is 5.54 Å². The molecule has 2 unspecified atom stereocenters. The zero-order valence-corrected chi connectivity index (χ0v) is 12.0. The molecule has 0 saturated heterocycles. The third kappa shape index (κ3) is 4.70. The number of esters is 1. The van der Waals surface area contributed by atoms with Crippen LogP contribution in [0.1, 0.15) is 25.8 Å². The van der Waals surface area contributed by atoms with Gasteiger partial charge in [0.15, 0.2) is 0 Å². The van der Waals surface area contributed by atoms with Gasteiger partial charge in [0, 0.05) is 11.0 Å². The first-order chi connectivity index (χ1) is 8.45. The summed E-state index contributed by atoms with van der Waals surface area (Å²) in [6, 6.07) is 10.3. The molecule has 100 valence electrons. The molecule has 0 radical (unpaired) electrons. The van der Waals surface area contributed by atoms with Crippen LogP contribution in [-0.2, 0) is 15.3 Å². The third-order valence-corrected chi connectivity index (χ3v) is 3.98. The highest BCUT2D eigenvalue weighted by Gasteiger charge is 2.31. The Hall–Kier alpha value is -1.00. The molecular formula is C14H21NO2S. The zero-order chi connectivity index (χ0) is 13.6. The summed E-state index contributed by atoms with van der Waals surface area (Å²) in [6.45, 7) is 3.81. The van der Waals surface area contributed by atoms with Gasteiger partial charge in [-0.15, -0.1) is 0 Å². The Balaban J connectivity index is 2.42. The smallest absolute Gasteiger partial charge is 0.325 e. The van der Waals surface area contributed by atoms with E-state index in [1.165, 1.54) is 12.7 Å². The standard InChI is InChI=1S/C14H21NO2S/c1-11(9-14(2,15)13(16)17-3)18-10-12-7-5-4-6-8-12/h4-8,11H,9-10,15H2,1-3H3. The number of hydrogen-bond acceptors (Lipinski definition) is 4. The van der Waals surface area contributed by atoms with Gasteiger partial charge in [0.25, 0.3) is 0 Å². The molecule has 0 fully saturated rings. The molecule has 3 nitrogen and oxygen atoms in total. The molecule has 0 aliphatic rings. The van der Waals surface area contributed by atoms with Gasteiger partial charge in [0.2, 0.25) is 0 Å².